The molecule has 1 aliphatic heterocycles. The van der Waals surface area contributed by atoms with Gasteiger partial charge in [0.2, 0.25) is 5.91 Å². The molecule has 0 radical (unpaired) electrons. The zero-order valence-corrected chi connectivity index (χ0v) is 9.94. The highest BCUT2D eigenvalue weighted by molar-refractivity contribution is 5.81. The molecule has 0 unspecified atom stereocenters. The molecule has 0 bridgehead atoms. The summed E-state index contributed by atoms with van der Waals surface area (Å²) in [7, 11) is 0. The second-order valence-electron chi connectivity index (χ2n) is 3.91. The summed E-state index contributed by atoms with van der Waals surface area (Å²) in [5.41, 5.74) is 0.704. The van der Waals surface area contributed by atoms with Crippen molar-refractivity contribution in [3.63, 3.8) is 0 Å². The zero-order chi connectivity index (χ0) is 13.1. The van der Waals surface area contributed by atoms with Crippen LogP contribution in [0.25, 0.3) is 0 Å². The predicted molar refractivity (Wildman–Crippen MR) is 61.6 cm³/mol. The first kappa shape index (κ1) is 12.5. The Morgan fingerprint density at radius 1 is 1.44 bits per heavy atom. The highest BCUT2D eigenvalue weighted by atomic mass is 16.7. The molecule has 6 heteroatoms. The molecule has 18 heavy (non-hydrogen) atoms. The molecule has 1 saturated heterocycles. The van der Waals surface area contributed by atoms with Gasteiger partial charge in [-0.2, -0.15) is 5.06 Å². The van der Waals surface area contributed by atoms with E-state index < -0.39 is 12.9 Å². The molecular formula is C12H14N2O4. The second kappa shape index (κ2) is 5.16. The number of carbonyl (C=O) groups excluding carboxylic acids is 2. The van der Waals surface area contributed by atoms with Gasteiger partial charge in [-0.1, -0.05) is 30.3 Å². The highest BCUT2D eigenvalue weighted by Crippen LogP contribution is 2.28. The first-order chi connectivity index (χ1) is 8.65. The smallest absolute Gasteiger partial charge is 0.255 e. The summed E-state index contributed by atoms with van der Waals surface area (Å²) in [4.78, 5) is 29.5. The van der Waals surface area contributed by atoms with Gasteiger partial charge in [-0.15, -0.1) is 0 Å². The maximum absolute atomic E-state index is 11.7. The minimum absolute atomic E-state index is 0.247. The summed E-state index contributed by atoms with van der Waals surface area (Å²) < 4.78 is 0. The van der Waals surface area contributed by atoms with Gasteiger partial charge < -0.3 is 5.11 Å². The van der Waals surface area contributed by atoms with Crippen LogP contribution < -0.4 is 0 Å². The molecular weight excluding hydrogens is 236 g/mol. The van der Waals surface area contributed by atoms with Gasteiger partial charge in [0.05, 0.1) is 0 Å². The van der Waals surface area contributed by atoms with Crippen LogP contribution in [0.2, 0.25) is 0 Å². The maximum atomic E-state index is 11.7. The van der Waals surface area contributed by atoms with E-state index in [-0.39, 0.29) is 18.4 Å². The first-order valence-electron chi connectivity index (χ1n) is 5.53. The van der Waals surface area contributed by atoms with Crippen molar-refractivity contribution >= 4 is 11.8 Å². The van der Waals surface area contributed by atoms with Gasteiger partial charge in [0, 0.05) is 6.92 Å². The fourth-order valence-electron chi connectivity index (χ4n) is 1.90. The van der Waals surface area contributed by atoms with E-state index in [9.17, 15) is 14.7 Å². The fraction of sp³-hybridized carbons (Fsp3) is 0.333. The standard InChI is InChI=1S/C12H14N2O4/c1-9(16)14-12(10-5-3-2-4-6-10)13(8-15)11(17)7-18-14/h2-6,12,15H,7-8H2,1H3/t12-/m1/s1. The van der Waals surface area contributed by atoms with E-state index in [1.165, 1.54) is 11.8 Å². The molecule has 0 spiro atoms. The van der Waals surface area contributed by atoms with Crippen LogP contribution in [0.5, 0.6) is 0 Å². The Morgan fingerprint density at radius 3 is 2.67 bits per heavy atom. The van der Waals surface area contributed by atoms with Gasteiger partial charge in [-0.25, -0.2) is 0 Å². The second-order valence-corrected chi connectivity index (χ2v) is 3.91. The number of aliphatic hydroxyl groups excluding tert-OH is 1. The summed E-state index contributed by atoms with van der Waals surface area (Å²) >= 11 is 0. The number of rotatable bonds is 2. The van der Waals surface area contributed by atoms with Gasteiger partial charge in [0.25, 0.3) is 5.91 Å². The third-order valence-electron chi connectivity index (χ3n) is 2.73. The molecule has 1 aliphatic rings. The van der Waals surface area contributed by atoms with Crippen LogP contribution in [0.3, 0.4) is 0 Å². The summed E-state index contributed by atoms with van der Waals surface area (Å²) in [5.74, 6) is -0.682. The van der Waals surface area contributed by atoms with E-state index in [4.69, 9.17) is 4.84 Å². The Hall–Kier alpha value is -1.92. The highest BCUT2D eigenvalue weighted by Gasteiger charge is 2.37. The van der Waals surface area contributed by atoms with Crippen molar-refractivity contribution in [3.8, 4) is 0 Å². The van der Waals surface area contributed by atoms with Crippen molar-refractivity contribution in [1.82, 2.24) is 9.96 Å². The lowest BCUT2D eigenvalue weighted by Gasteiger charge is -2.41. The summed E-state index contributed by atoms with van der Waals surface area (Å²) in [5, 5.41) is 10.4. The average Bonchev–Trinajstić information content (AvgIpc) is 2.39. The Balaban J connectivity index is 2.40. The van der Waals surface area contributed by atoms with Crippen LogP contribution in [-0.2, 0) is 14.4 Å². The Bertz CT molecular complexity index is 447. The number of carbonyl (C=O) groups is 2. The molecule has 96 valence electrons. The van der Waals surface area contributed by atoms with Crippen LogP contribution >= 0.6 is 0 Å². The van der Waals surface area contributed by atoms with E-state index >= 15 is 0 Å². The fourth-order valence-corrected chi connectivity index (χ4v) is 1.90. The van der Waals surface area contributed by atoms with Crippen LogP contribution in [-0.4, -0.2) is 40.2 Å². The minimum atomic E-state index is -0.727. The zero-order valence-electron chi connectivity index (χ0n) is 9.94. The average molecular weight is 250 g/mol. The molecule has 1 aromatic carbocycles. The van der Waals surface area contributed by atoms with Crippen molar-refractivity contribution in [3.05, 3.63) is 35.9 Å². The van der Waals surface area contributed by atoms with Crippen molar-refractivity contribution in [2.45, 2.75) is 13.1 Å². The lowest BCUT2D eigenvalue weighted by atomic mass is 10.1. The number of hydrogen-bond acceptors (Lipinski definition) is 4. The monoisotopic (exact) mass is 250 g/mol. The summed E-state index contributed by atoms with van der Waals surface area (Å²) in [6.45, 7) is 0.635. The molecule has 1 aromatic rings. The molecule has 0 saturated carbocycles. The van der Waals surface area contributed by atoms with Crippen molar-refractivity contribution < 1.29 is 19.5 Å². The molecule has 2 rings (SSSR count). The molecule has 1 atom stereocenters. The third-order valence-corrected chi connectivity index (χ3v) is 2.73. The van der Waals surface area contributed by atoms with Crippen molar-refractivity contribution in [1.29, 1.82) is 0 Å². The largest absolute Gasteiger partial charge is 0.376 e. The van der Waals surface area contributed by atoms with E-state index in [1.807, 2.05) is 6.07 Å². The molecule has 0 aliphatic carbocycles. The lowest BCUT2D eigenvalue weighted by molar-refractivity contribution is -0.248. The molecule has 2 amide bonds. The maximum Gasteiger partial charge on any atom is 0.255 e. The first-order valence-corrected chi connectivity index (χ1v) is 5.53. The minimum Gasteiger partial charge on any atom is -0.376 e. The Morgan fingerprint density at radius 2 is 2.11 bits per heavy atom. The number of nitrogens with zero attached hydrogens (tertiary/aromatic N) is 2. The summed E-state index contributed by atoms with van der Waals surface area (Å²) in [6, 6.07) is 8.96. The van der Waals surface area contributed by atoms with Crippen LogP contribution in [0.15, 0.2) is 30.3 Å². The van der Waals surface area contributed by atoms with E-state index in [0.29, 0.717) is 5.56 Å². The number of aliphatic hydroxyl groups is 1. The van der Waals surface area contributed by atoms with Gasteiger partial charge in [-0.05, 0) is 5.56 Å². The van der Waals surface area contributed by atoms with Crippen molar-refractivity contribution in [2.24, 2.45) is 0 Å². The van der Waals surface area contributed by atoms with Gasteiger partial charge in [0.15, 0.2) is 12.8 Å². The quantitative estimate of drug-likeness (QED) is 0.817. The van der Waals surface area contributed by atoms with E-state index in [0.717, 1.165) is 5.06 Å². The van der Waals surface area contributed by atoms with Crippen LogP contribution in [0.4, 0.5) is 0 Å². The number of hydrogen-bond donors (Lipinski definition) is 1. The number of amides is 2. The molecule has 0 aromatic heterocycles. The van der Waals surface area contributed by atoms with E-state index in [2.05, 4.69) is 0 Å². The molecule has 1 fully saturated rings. The topological polar surface area (TPSA) is 70.1 Å². The Labute approximate surface area is 104 Å². The lowest BCUT2D eigenvalue weighted by Crippen LogP contribution is -2.53. The Kier molecular flexibility index (Phi) is 3.59. The van der Waals surface area contributed by atoms with Crippen LogP contribution in [0.1, 0.15) is 18.7 Å². The van der Waals surface area contributed by atoms with Gasteiger partial charge in [-0.3, -0.25) is 19.3 Å². The van der Waals surface area contributed by atoms with E-state index in [1.54, 1.807) is 24.3 Å². The summed E-state index contributed by atoms with van der Waals surface area (Å²) in [6.07, 6.45) is -0.727. The molecule has 1 N–H and O–H groups in total. The normalized spacial score (nSPS) is 20.1. The molecule has 6 nitrogen and oxygen atoms in total. The third kappa shape index (κ3) is 2.20. The predicted octanol–water partition coefficient (Wildman–Crippen LogP) is 0.257. The number of hydroxylamine groups is 2. The number of benzene rings is 1. The SMILES string of the molecule is CC(=O)N1OCC(=O)N(CO)[C@H]1c1ccccc1. The van der Waals surface area contributed by atoms with Crippen LogP contribution in [0, 0.1) is 0 Å². The van der Waals surface area contributed by atoms with Gasteiger partial charge in [0.1, 0.15) is 6.73 Å². The van der Waals surface area contributed by atoms with Crippen molar-refractivity contribution in [2.75, 3.05) is 13.3 Å². The molecule has 1 heterocycles. The van der Waals surface area contributed by atoms with Gasteiger partial charge >= 0.3 is 0 Å².